The molecule has 2 aromatic rings. The monoisotopic (exact) mass is 664 g/mol. The average molecular weight is 665 g/mol. The van der Waals surface area contributed by atoms with Crippen LogP contribution in [0.25, 0.3) is 0 Å². The van der Waals surface area contributed by atoms with Gasteiger partial charge in [0.05, 0.1) is 23.1 Å². The minimum atomic E-state index is -4.25. The molecule has 0 radical (unpaired) electrons. The molecular weight excluding hydrogens is 616 g/mol. The van der Waals surface area contributed by atoms with Crippen LogP contribution in [-0.2, 0) is 30.8 Å². The van der Waals surface area contributed by atoms with Gasteiger partial charge in [-0.05, 0) is 49.3 Å². The number of amides is 3. The molecule has 3 amide bonds. The first kappa shape index (κ1) is 38.3. The lowest BCUT2D eigenvalue weighted by molar-refractivity contribution is -0.132. The van der Waals surface area contributed by atoms with E-state index in [1.807, 2.05) is 6.07 Å². The van der Waals surface area contributed by atoms with Crippen molar-refractivity contribution in [1.29, 1.82) is 0 Å². The number of nitrogens with one attached hydrogen (secondary N) is 3. The summed E-state index contributed by atoms with van der Waals surface area (Å²) in [5.41, 5.74) is -0.0355. The lowest BCUT2D eigenvalue weighted by Crippen LogP contribution is -2.59. The minimum absolute atomic E-state index is 0.0138. The molecule has 2 rings (SSSR count). The van der Waals surface area contributed by atoms with Crippen molar-refractivity contribution in [2.75, 3.05) is 19.6 Å². The highest BCUT2D eigenvalue weighted by Gasteiger charge is 2.37. The molecule has 0 aromatic heterocycles. The molecule has 0 saturated heterocycles. The van der Waals surface area contributed by atoms with E-state index in [0.717, 1.165) is 28.1 Å². The van der Waals surface area contributed by atoms with Gasteiger partial charge >= 0.3 is 6.09 Å². The van der Waals surface area contributed by atoms with E-state index in [-0.39, 0.29) is 29.9 Å². The molecule has 46 heavy (non-hydrogen) atoms. The van der Waals surface area contributed by atoms with Gasteiger partial charge in [0.25, 0.3) is 0 Å². The molecule has 256 valence electrons. The van der Waals surface area contributed by atoms with Crippen LogP contribution in [0.5, 0.6) is 11.5 Å². The van der Waals surface area contributed by atoms with Gasteiger partial charge in [0.2, 0.25) is 21.8 Å². The number of phenols is 2. The Bertz CT molecular complexity index is 1430. The number of alkyl carbamates (subject to hydrolysis) is 1. The minimum Gasteiger partial charge on any atom is -0.504 e. The summed E-state index contributed by atoms with van der Waals surface area (Å²) in [5, 5.41) is 39.0. The van der Waals surface area contributed by atoms with E-state index in [4.69, 9.17) is 4.74 Å². The van der Waals surface area contributed by atoms with Gasteiger partial charge in [0, 0.05) is 19.2 Å². The van der Waals surface area contributed by atoms with Gasteiger partial charge in [-0.3, -0.25) is 9.59 Å². The maximum Gasteiger partial charge on any atom is 0.407 e. The number of aromatic hydroxyl groups is 2. The highest BCUT2D eigenvalue weighted by atomic mass is 32.2. The Morgan fingerprint density at radius 3 is 2.09 bits per heavy atom. The van der Waals surface area contributed by atoms with Crippen molar-refractivity contribution in [3.05, 3.63) is 54.1 Å². The van der Waals surface area contributed by atoms with Crippen LogP contribution >= 0.6 is 0 Å². The summed E-state index contributed by atoms with van der Waals surface area (Å²) in [6, 6.07) is 10.1. The molecular formula is C32H48N4O9S. The first-order valence-corrected chi connectivity index (χ1v) is 16.5. The Morgan fingerprint density at radius 2 is 1.54 bits per heavy atom. The van der Waals surface area contributed by atoms with Crippen molar-refractivity contribution < 1.29 is 42.9 Å². The van der Waals surface area contributed by atoms with E-state index in [2.05, 4.69) is 16.0 Å². The Balaban J connectivity index is 2.36. The second-order valence-corrected chi connectivity index (χ2v) is 14.9. The summed E-state index contributed by atoms with van der Waals surface area (Å²) in [6.07, 6.45) is -2.44. The lowest BCUT2D eigenvalue weighted by Gasteiger charge is -2.34. The van der Waals surface area contributed by atoms with Gasteiger partial charge in [-0.25, -0.2) is 13.2 Å². The molecule has 0 saturated carbocycles. The largest absolute Gasteiger partial charge is 0.504 e. The number of nitrogens with zero attached hydrogens (tertiary/aromatic N) is 1. The number of benzene rings is 2. The number of aliphatic hydroxyl groups is 1. The standard InChI is InChI=1S/C32H48N4O9S/c1-20(2)18-36(46(43,44)23-13-14-25(37)26(38)16-23)19-27(39)24(15-22-11-9-8-10-12-22)34-30(41)29(32(5,6)7)35-28(40)17-33-31(42)45-21(3)4/h8-14,16,20-21,24,27,29,37-39H,15,17-19H2,1-7H3,(H,33,42)(H,34,41)(H,35,40)/t24-,27+,29+/m0/s1. The van der Waals surface area contributed by atoms with Gasteiger partial charge in [-0.15, -0.1) is 0 Å². The van der Waals surface area contributed by atoms with Crippen molar-refractivity contribution in [1.82, 2.24) is 20.3 Å². The van der Waals surface area contributed by atoms with Gasteiger partial charge in [-0.2, -0.15) is 4.31 Å². The number of sulfonamides is 1. The molecule has 0 spiro atoms. The Morgan fingerprint density at radius 1 is 0.913 bits per heavy atom. The molecule has 6 N–H and O–H groups in total. The number of carbonyl (C=O) groups excluding carboxylic acids is 3. The number of hydrogen-bond donors (Lipinski definition) is 6. The number of carbonyl (C=O) groups is 3. The SMILES string of the molecule is CC(C)CN(C[C@@H](O)[C@H](Cc1ccccc1)NC(=O)[C@@H](NC(=O)CNC(=O)OC(C)C)C(C)(C)C)S(=O)(=O)c1ccc(O)c(O)c1. The Kier molecular flexibility index (Phi) is 13.8. The average Bonchev–Trinajstić information content (AvgIpc) is 2.94. The highest BCUT2D eigenvalue weighted by Crippen LogP contribution is 2.29. The van der Waals surface area contributed by atoms with Gasteiger partial charge in [0.1, 0.15) is 12.6 Å². The summed E-state index contributed by atoms with van der Waals surface area (Å²) in [5.74, 6) is -2.49. The lowest BCUT2D eigenvalue weighted by atomic mass is 9.85. The zero-order valence-electron chi connectivity index (χ0n) is 27.5. The first-order chi connectivity index (χ1) is 21.3. The number of ether oxygens (including phenoxy) is 1. The van der Waals surface area contributed by atoms with Gasteiger partial charge < -0.3 is 36.0 Å². The summed E-state index contributed by atoms with van der Waals surface area (Å²) in [6.45, 7) is 11.3. The van der Waals surface area contributed by atoms with Crippen molar-refractivity contribution in [3.8, 4) is 11.5 Å². The fourth-order valence-corrected chi connectivity index (χ4v) is 6.18. The maximum absolute atomic E-state index is 13.7. The van der Waals surface area contributed by atoms with Crippen molar-refractivity contribution in [3.63, 3.8) is 0 Å². The molecule has 14 heteroatoms. The number of aliphatic hydroxyl groups excluding tert-OH is 1. The normalized spacial score (nSPS) is 14.1. The zero-order chi connectivity index (χ0) is 34.8. The highest BCUT2D eigenvalue weighted by molar-refractivity contribution is 7.89. The van der Waals surface area contributed by atoms with Crippen molar-refractivity contribution >= 4 is 27.9 Å². The summed E-state index contributed by atoms with van der Waals surface area (Å²) in [7, 11) is -4.25. The molecule has 0 aliphatic heterocycles. The fraction of sp³-hybridized carbons (Fsp3) is 0.531. The molecule has 13 nitrogen and oxygen atoms in total. The van der Waals surface area contributed by atoms with Crippen LogP contribution in [0.3, 0.4) is 0 Å². The van der Waals surface area contributed by atoms with Gasteiger partial charge in [0.15, 0.2) is 11.5 Å². The van der Waals surface area contributed by atoms with E-state index in [1.165, 1.54) is 0 Å². The quantitative estimate of drug-likeness (QED) is 0.155. The van der Waals surface area contributed by atoms with E-state index in [0.29, 0.717) is 0 Å². The van der Waals surface area contributed by atoms with Crippen molar-refractivity contribution in [2.45, 2.75) is 84.1 Å². The molecule has 0 unspecified atom stereocenters. The third-order valence-corrected chi connectivity index (χ3v) is 8.63. The second kappa shape index (κ2) is 16.6. The molecule has 0 fully saturated rings. The number of rotatable bonds is 15. The van der Waals surface area contributed by atoms with Crippen LogP contribution in [-0.4, -0.2) is 89.9 Å². The molecule has 0 heterocycles. The van der Waals surface area contributed by atoms with Crippen LogP contribution in [0.15, 0.2) is 53.4 Å². The van der Waals surface area contributed by atoms with Crippen LogP contribution in [0.2, 0.25) is 0 Å². The smallest absolute Gasteiger partial charge is 0.407 e. The number of phenolic OH excluding ortho intramolecular Hbond substituents is 2. The third-order valence-electron chi connectivity index (χ3n) is 6.80. The predicted molar refractivity (Wildman–Crippen MR) is 172 cm³/mol. The first-order valence-electron chi connectivity index (χ1n) is 15.1. The van der Waals surface area contributed by atoms with Crippen molar-refractivity contribution in [2.24, 2.45) is 11.3 Å². The zero-order valence-corrected chi connectivity index (χ0v) is 28.3. The molecule has 0 aliphatic rings. The van der Waals surface area contributed by atoms with E-state index < -0.39 is 76.1 Å². The van der Waals surface area contributed by atoms with Crippen LogP contribution in [0, 0.1) is 11.3 Å². The third kappa shape index (κ3) is 11.8. The summed E-state index contributed by atoms with van der Waals surface area (Å²) >= 11 is 0. The van der Waals surface area contributed by atoms with Crippen LogP contribution in [0.1, 0.15) is 54.0 Å². The topological polar surface area (TPSA) is 195 Å². The van der Waals surface area contributed by atoms with Crippen LogP contribution in [0.4, 0.5) is 4.79 Å². The molecule has 0 bridgehead atoms. The Labute approximate surface area is 271 Å². The maximum atomic E-state index is 13.7. The molecule has 3 atom stereocenters. The summed E-state index contributed by atoms with van der Waals surface area (Å²) in [4.78, 5) is 38.0. The van der Waals surface area contributed by atoms with E-state index in [1.54, 1.807) is 72.7 Å². The number of hydrogen-bond acceptors (Lipinski definition) is 9. The second-order valence-electron chi connectivity index (χ2n) is 12.9. The predicted octanol–water partition coefficient (Wildman–Crippen LogP) is 2.50. The van der Waals surface area contributed by atoms with E-state index in [9.17, 15) is 38.1 Å². The molecule has 0 aliphatic carbocycles. The fourth-order valence-electron chi connectivity index (χ4n) is 4.54. The Hall–Kier alpha value is -3.88. The van der Waals surface area contributed by atoms with Gasteiger partial charge in [-0.1, -0.05) is 65.0 Å². The van der Waals surface area contributed by atoms with E-state index >= 15 is 0 Å². The van der Waals surface area contributed by atoms with Crippen LogP contribution < -0.4 is 16.0 Å². The summed E-state index contributed by atoms with van der Waals surface area (Å²) < 4.78 is 33.3. The molecule has 2 aromatic carbocycles.